The highest BCUT2D eigenvalue weighted by atomic mass is 35.5. The summed E-state index contributed by atoms with van der Waals surface area (Å²) in [5.74, 6) is 0. The van der Waals surface area contributed by atoms with Crippen molar-refractivity contribution < 1.29 is 4.79 Å². The zero-order valence-electron chi connectivity index (χ0n) is 12.4. The number of urea groups is 1. The lowest BCUT2D eigenvalue weighted by Crippen LogP contribution is -2.19. The van der Waals surface area contributed by atoms with Crippen LogP contribution >= 0.6 is 69.5 Å². The predicted molar refractivity (Wildman–Crippen MR) is 110 cm³/mol. The molecule has 0 aliphatic carbocycles. The number of aromatic nitrogens is 1. The van der Waals surface area contributed by atoms with Crippen LogP contribution in [0.25, 0.3) is 10.2 Å². The van der Waals surface area contributed by atoms with Crippen LogP contribution in [0.2, 0.25) is 20.1 Å². The Labute approximate surface area is 176 Å². The normalized spacial score (nSPS) is 10.6. The number of thiocyanates is 1. The molecule has 0 spiro atoms. The van der Waals surface area contributed by atoms with Crippen molar-refractivity contribution >= 4 is 96.6 Å². The Hall–Kier alpha value is -1.40. The Bertz CT molecular complexity index is 1060. The van der Waals surface area contributed by atoms with Gasteiger partial charge < -0.3 is 5.32 Å². The molecule has 2 N–H and O–H groups in total. The van der Waals surface area contributed by atoms with E-state index in [1.165, 1.54) is 6.07 Å². The minimum atomic E-state index is -0.515. The van der Waals surface area contributed by atoms with Gasteiger partial charge in [0.25, 0.3) is 0 Å². The monoisotopic (exact) mass is 462 g/mol. The van der Waals surface area contributed by atoms with Crippen molar-refractivity contribution in [2.24, 2.45) is 0 Å². The van der Waals surface area contributed by atoms with E-state index in [1.54, 1.807) is 18.2 Å². The number of benzene rings is 2. The maximum atomic E-state index is 12.2. The SMILES string of the molecule is N#CSc1cc(Cl)c(Cl)c2sc(NC(=O)Nc3ccc(Cl)c(Cl)c3)nc12. The Balaban J connectivity index is 1.85. The van der Waals surface area contributed by atoms with E-state index in [0.717, 1.165) is 23.1 Å². The zero-order valence-corrected chi connectivity index (χ0v) is 17.1. The Kier molecular flexibility index (Phi) is 6.03. The second kappa shape index (κ2) is 8.09. The van der Waals surface area contributed by atoms with Crippen molar-refractivity contribution in [1.29, 1.82) is 5.26 Å². The van der Waals surface area contributed by atoms with Gasteiger partial charge in [0, 0.05) is 5.69 Å². The van der Waals surface area contributed by atoms with Crippen LogP contribution in [-0.2, 0) is 0 Å². The Morgan fingerprint density at radius 1 is 1.12 bits per heavy atom. The van der Waals surface area contributed by atoms with Gasteiger partial charge in [0.05, 0.1) is 35.2 Å². The lowest BCUT2D eigenvalue weighted by atomic mass is 10.3. The molecule has 3 rings (SSSR count). The van der Waals surface area contributed by atoms with Gasteiger partial charge in [-0.15, -0.1) is 0 Å². The molecule has 1 heterocycles. The van der Waals surface area contributed by atoms with Gasteiger partial charge in [-0.25, -0.2) is 9.78 Å². The first-order chi connectivity index (χ1) is 12.4. The number of carbonyl (C=O) groups is 1. The largest absolute Gasteiger partial charge is 0.325 e. The molecule has 2 amide bonds. The number of nitriles is 1. The van der Waals surface area contributed by atoms with Crippen molar-refractivity contribution in [2.75, 3.05) is 10.6 Å². The van der Waals surface area contributed by atoms with Crippen LogP contribution in [0.5, 0.6) is 0 Å². The minimum Gasteiger partial charge on any atom is -0.308 e. The molecular weight excluding hydrogens is 458 g/mol. The van der Waals surface area contributed by atoms with Gasteiger partial charge in [-0.2, -0.15) is 5.26 Å². The number of halogens is 4. The zero-order chi connectivity index (χ0) is 18.8. The minimum absolute atomic E-state index is 0.307. The van der Waals surface area contributed by atoms with Gasteiger partial charge >= 0.3 is 6.03 Å². The van der Waals surface area contributed by atoms with Crippen molar-refractivity contribution in [3.05, 3.63) is 44.4 Å². The summed E-state index contributed by atoms with van der Waals surface area (Å²) in [6.45, 7) is 0. The number of hydrogen-bond acceptors (Lipinski definition) is 5. The van der Waals surface area contributed by atoms with Crippen LogP contribution in [0, 0.1) is 10.7 Å². The van der Waals surface area contributed by atoms with E-state index < -0.39 is 6.03 Å². The third-order valence-electron chi connectivity index (χ3n) is 3.08. The standard InChI is InChI=1S/C15H6Cl4N4OS2/c16-7-2-1-6(3-8(7)17)21-14(24)23-15-22-12-10(25-5-20)4-9(18)11(19)13(12)26-15/h1-4H,(H2,21,22,23,24). The molecule has 0 aliphatic heterocycles. The number of amides is 2. The number of carbonyl (C=O) groups excluding carboxylic acids is 1. The molecule has 0 saturated heterocycles. The summed E-state index contributed by atoms with van der Waals surface area (Å²) in [4.78, 5) is 17.1. The Morgan fingerprint density at radius 3 is 2.58 bits per heavy atom. The van der Waals surface area contributed by atoms with Crippen LogP contribution in [0.4, 0.5) is 15.6 Å². The molecule has 0 saturated carbocycles. The molecule has 0 radical (unpaired) electrons. The number of nitrogens with one attached hydrogen (secondary N) is 2. The number of hydrogen-bond donors (Lipinski definition) is 2. The first-order valence-electron chi connectivity index (χ1n) is 6.76. The smallest absolute Gasteiger partial charge is 0.308 e. The van der Waals surface area contributed by atoms with E-state index in [2.05, 4.69) is 15.6 Å². The fourth-order valence-electron chi connectivity index (χ4n) is 2.00. The van der Waals surface area contributed by atoms with E-state index in [1.807, 2.05) is 5.40 Å². The summed E-state index contributed by atoms with van der Waals surface area (Å²) >= 11 is 26.1. The van der Waals surface area contributed by atoms with Crippen LogP contribution in [0.15, 0.2) is 29.2 Å². The Morgan fingerprint density at radius 2 is 1.88 bits per heavy atom. The van der Waals surface area contributed by atoms with Gasteiger partial charge in [0.2, 0.25) is 0 Å². The van der Waals surface area contributed by atoms with Crippen LogP contribution in [0.1, 0.15) is 0 Å². The van der Waals surface area contributed by atoms with Gasteiger partial charge in [0.1, 0.15) is 5.40 Å². The van der Waals surface area contributed by atoms with Crippen molar-refractivity contribution in [3.8, 4) is 5.40 Å². The molecule has 26 heavy (non-hydrogen) atoms. The van der Waals surface area contributed by atoms with E-state index in [9.17, 15) is 4.79 Å². The van der Waals surface area contributed by atoms with Gasteiger partial charge in [0.15, 0.2) is 5.13 Å². The average Bonchev–Trinajstić information content (AvgIpc) is 3.00. The van der Waals surface area contributed by atoms with Crippen LogP contribution in [-0.4, -0.2) is 11.0 Å². The third kappa shape index (κ3) is 4.12. The van der Waals surface area contributed by atoms with Gasteiger partial charge in [-0.1, -0.05) is 57.7 Å². The second-order valence-corrected chi connectivity index (χ2v) is 8.19. The number of nitrogens with zero attached hydrogens (tertiary/aromatic N) is 2. The molecule has 0 atom stereocenters. The predicted octanol–water partition coefficient (Wildman–Crippen LogP) is 7.13. The lowest BCUT2D eigenvalue weighted by molar-refractivity contribution is 0.262. The van der Waals surface area contributed by atoms with E-state index in [4.69, 9.17) is 51.7 Å². The molecule has 1 aromatic heterocycles. The number of anilines is 2. The molecule has 0 unspecified atom stereocenters. The molecule has 3 aromatic rings. The molecule has 5 nitrogen and oxygen atoms in total. The summed E-state index contributed by atoms with van der Waals surface area (Å²) in [6, 6.07) is 5.77. The van der Waals surface area contributed by atoms with E-state index in [-0.39, 0.29) is 0 Å². The van der Waals surface area contributed by atoms with Crippen LogP contribution < -0.4 is 10.6 Å². The number of fused-ring (bicyclic) bond motifs is 1. The summed E-state index contributed by atoms with van der Waals surface area (Å²) in [7, 11) is 0. The number of thioether (sulfide) groups is 1. The van der Waals surface area contributed by atoms with E-state index in [0.29, 0.717) is 46.0 Å². The quantitative estimate of drug-likeness (QED) is 0.320. The average molecular weight is 464 g/mol. The molecule has 132 valence electrons. The topological polar surface area (TPSA) is 77.8 Å². The molecule has 0 bridgehead atoms. The lowest BCUT2D eigenvalue weighted by Gasteiger charge is -2.06. The number of thiazole rings is 1. The summed E-state index contributed by atoms with van der Waals surface area (Å²) in [5, 5.41) is 17.8. The molecule has 11 heteroatoms. The van der Waals surface area contributed by atoms with Gasteiger partial charge in [-0.3, -0.25) is 5.32 Å². The summed E-state index contributed by atoms with van der Waals surface area (Å²) in [6.07, 6.45) is 0. The summed E-state index contributed by atoms with van der Waals surface area (Å²) < 4.78 is 0.585. The highest BCUT2D eigenvalue weighted by Gasteiger charge is 2.17. The highest BCUT2D eigenvalue weighted by Crippen LogP contribution is 2.41. The second-order valence-electron chi connectivity index (χ2n) is 4.77. The fourth-order valence-corrected chi connectivity index (χ4v) is 4.40. The molecule has 0 aliphatic rings. The molecular formula is C15H6Cl4N4OS2. The van der Waals surface area contributed by atoms with Crippen molar-refractivity contribution in [1.82, 2.24) is 4.98 Å². The van der Waals surface area contributed by atoms with E-state index >= 15 is 0 Å². The maximum absolute atomic E-state index is 12.2. The highest BCUT2D eigenvalue weighted by molar-refractivity contribution is 8.04. The molecule has 2 aromatic carbocycles. The maximum Gasteiger partial charge on any atom is 0.325 e. The number of rotatable bonds is 3. The van der Waals surface area contributed by atoms with Crippen LogP contribution in [0.3, 0.4) is 0 Å². The van der Waals surface area contributed by atoms with Crippen molar-refractivity contribution in [2.45, 2.75) is 4.90 Å². The van der Waals surface area contributed by atoms with Crippen molar-refractivity contribution in [3.63, 3.8) is 0 Å². The molecule has 0 fully saturated rings. The summed E-state index contributed by atoms with van der Waals surface area (Å²) in [5.41, 5.74) is 0.973. The van der Waals surface area contributed by atoms with Gasteiger partial charge in [-0.05, 0) is 36.0 Å². The fraction of sp³-hybridized carbons (Fsp3) is 0. The first-order valence-corrected chi connectivity index (χ1v) is 9.91. The third-order valence-corrected chi connectivity index (χ3v) is 6.33. The first kappa shape index (κ1) is 19.4.